The average molecular weight is 473 g/mol. The predicted octanol–water partition coefficient (Wildman–Crippen LogP) is 1.10. The molecule has 0 aliphatic carbocycles. The smallest absolute Gasteiger partial charge is 0.409 e. The minimum atomic E-state index is -0.566. The zero-order chi connectivity index (χ0) is 22.8. The third-order valence-electron chi connectivity index (χ3n) is 6.13. The molecule has 2 aromatic heterocycles. The highest BCUT2D eigenvalue weighted by atomic mass is 35.5. The first kappa shape index (κ1) is 21.9. The van der Waals surface area contributed by atoms with E-state index in [0.29, 0.717) is 65.5 Å². The molecular weight excluding hydrogens is 448 g/mol. The molecule has 0 atom stereocenters. The van der Waals surface area contributed by atoms with E-state index in [1.807, 2.05) is 6.07 Å². The molecule has 0 unspecified atom stereocenters. The molecule has 1 saturated heterocycles. The van der Waals surface area contributed by atoms with Crippen molar-refractivity contribution in [3.8, 4) is 11.5 Å². The maximum absolute atomic E-state index is 12.3. The van der Waals surface area contributed by atoms with Crippen molar-refractivity contribution in [3.05, 3.63) is 56.9 Å². The van der Waals surface area contributed by atoms with E-state index >= 15 is 0 Å². The minimum Gasteiger partial charge on any atom is -0.594 e. The summed E-state index contributed by atoms with van der Waals surface area (Å²) in [6.07, 6.45) is 3.72. The van der Waals surface area contributed by atoms with Crippen LogP contribution in [0.3, 0.4) is 0 Å². The monoisotopic (exact) mass is 472 g/mol. The average Bonchev–Trinajstić information content (AvgIpc) is 2.83. The molecule has 2 aliphatic rings. The largest absolute Gasteiger partial charge is 0.594 e. The van der Waals surface area contributed by atoms with E-state index < -0.39 is 5.69 Å². The van der Waals surface area contributed by atoms with Gasteiger partial charge in [-0.15, -0.1) is 0 Å². The van der Waals surface area contributed by atoms with Gasteiger partial charge in [-0.05, 0) is 42.9 Å². The first-order valence-electron chi connectivity index (χ1n) is 11.1. The van der Waals surface area contributed by atoms with Gasteiger partial charge < -0.3 is 24.9 Å². The summed E-state index contributed by atoms with van der Waals surface area (Å²) < 4.78 is 12.7. The number of halogens is 1. The molecule has 1 aromatic carbocycles. The molecule has 1 fully saturated rings. The number of nitrogens with one attached hydrogen (secondary N) is 1. The standard InChI is InChI=1S/C22H25ClN6O4/c23-15-1-2-18-19(11-15)28(22(30)26-29(18)31)8-7-27-5-3-16(4-6-27)24-13-17-12-20-21(14-25-17)33-10-9-32-20/h1-2,11-12,14,16,24H,3-10,13H2. The van der Waals surface area contributed by atoms with Crippen LogP contribution in [-0.4, -0.2) is 58.4 Å². The van der Waals surface area contributed by atoms with Crippen molar-refractivity contribution in [2.24, 2.45) is 0 Å². The zero-order valence-electron chi connectivity index (χ0n) is 18.1. The number of likely N-dealkylation sites (tertiary alicyclic amines) is 1. The lowest BCUT2D eigenvalue weighted by atomic mass is 10.0. The normalized spacial score (nSPS) is 16.9. The van der Waals surface area contributed by atoms with Crippen LogP contribution in [0.5, 0.6) is 11.5 Å². The number of ether oxygens (including phenoxy) is 2. The quantitative estimate of drug-likeness (QED) is 0.420. The van der Waals surface area contributed by atoms with Gasteiger partial charge in [0.15, 0.2) is 11.5 Å². The molecule has 2 aliphatic heterocycles. The summed E-state index contributed by atoms with van der Waals surface area (Å²) >= 11 is 6.09. The fourth-order valence-corrected chi connectivity index (χ4v) is 4.48. The molecule has 0 saturated carbocycles. The molecule has 1 N–H and O–H groups in total. The summed E-state index contributed by atoms with van der Waals surface area (Å²) in [5.74, 6) is 1.45. The van der Waals surface area contributed by atoms with Crippen LogP contribution < -0.4 is 25.3 Å². The van der Waals surface area contributed by atoms with Crippen molar-refractivity contribution in [2.45, 2.75) is 32.0 Å². The lowest BCUT2D eigenvalue weighted by molar-refractivity contribution is -0.645. The van der Waals surface area contributed by atoms with E-state index in [-0.39, 0.29) is 0 Å². The van der Waals surface area contributed by atoms with Crippen LogP contribution in [-0.2, 0) is 13.1 Å². The van der Waals surface area contributed by atoms with Crippen LogP contribution >= 0.6 is 11.6 Å². The Morgan fingerprint density at radius 3 is 2.76 bits per heavy atom. The van der Waals surface area contributed by atoms with E-state index in [2.05, 4.69) is 20.3 Å². The highest BCUT2D eigenvalue weighted by Crippen LogP contribution is 2.29. The Morgan fingerprint density at radius 2 is 1.94 bits per heavy atom. The van der Waals surface area contributed by atoms with Crippen molar-refractivity contribution in [1.29, 1.82) is 0 Å². The number of hydrogen-bond acceptors (Lipinski definition) is 8. The van der Waals surface area contributed by atoms with Crippen LogP contribution in [0.15, 0.2) is 35.3 Å². The van der Waals surface area contributed by atoms with Gasteiger partial charge in [-0.2, -0.15) is 0 Å². The number of hydrogen-bond donors (Lipinski definition) is 1. The minimum absolute atomic E-state index is 0.328. The molecule has 0 amide bonds. The van der Waals surface area contributed by atoms with Gasteiger partial charge in [0.05, 0.1) is 17.0 Å². The zero-order valence-corrected chi connectivity index (χ0v) is 18.8. The Labute approximate surface area is 195 Å². The Bertz CT molecular complexity index is 1210. The van der Waals surface area contributed by atoms with Crippen molar-refractivity contribution in [3.63, 3.8) is 0 Å². The lowest BCUT2D eigenvalue weighted by Crippen LogP contribution is -2.46. The molecule has 3 aromatic rings. The van der Waals surface area contributed by atoms with Crippen LogP contribution in [0.1, 0.15) is 18.5 Å². The lowest BCUT2D eigenvalue weighted by Gasteiger charge is -2.32. The molecule has 0 radical (unpaired) electrons. The van der Waals surface area contributed by atoms with Crippen LogP contribution in [0.2, 0.25) is 5.02 Å². The summed E-state index contributed by atoms with van der Waals surface area (Å²) in [7, 11) is 0. The molecular formula is C22H25ClN6O4. The van der Waals surface area contributed by atoms with E-state index in [0.717, 1.165) is 37.4 Å². The molecule has 0 spiro atoms. The van der Waals surface area contributed by atoms with Crippen molar-refractivity contribution < 1.29 is 14.3 Å². The summed E-state index contributed by atoms with van der Waals surface area (Å²) in [5.41, 5.74) is 1.19. The summed E-state index contributed by atoms with van der Waals surface area (Å²) in [6.45, 7) is 4.78. The van der Waals surface area contributed by atoms with Crippen LogP contribution in [0.4, 0.5) is 0 Å². The number of pyridine rings is 1. The number of benzene rings is 1. The SMILES string of the molecule is O=c1n[n+]([O-])c2ccc(Cl)cc2n1CCN1CCC(NCc2cc3c(cn2)OCCO3)CC1. The van der Waals surface area contributed by atoms with Gasteiger partial charge in [0.2, 0.25) is 0 Å². The second-order valence-corrected chi connectivity index (χ2v) is 8.69. The van der Waals surface area contributed by atoms with Gasteiger partial charge in [0.25, 0.3) is 5.52 Å². The summed E-state index contributed by atoms with van der Waals surface area (Å²) in [6, 6.07) is 7.17. The summed E-state index contributed by atoms with van der Waals surface area (Å²) in [4.78, 5) is 19.5. The number of fused-ring (bicyclic) bond motifs is 2. The van der Waals surface area contributed by atoms with Crippen LogP contribution in [0.25, 0.3) is 11.0 Å². The predicted molar refractivity (Wildman–Crippen MR) is 122 cm³/mol. The summed E-state index contributed by atoms with van der Waals surface area (Å²) in [5, 5.41) is 19.6. The van der Waals surface area contributed by atoms with Gasteiger partial charge >= 0.3 is 5.69 Å². The highest BCUT2D eigenvalue weighted by molar-refractivity contribution is 6.31. The van der Waals surface area contributed by atoms with Gasteiger partial charge in [-0.25, -0.2) is 4.79 Å². The van der Waals surface area contributed by atoms with E-state index in [1.165, 1.54) is 4.57 Å². The van der Waals surface area contributed by atoms with Crippen LogP contribution in [0, 0.1) is 5.21 Å². The number of rotatable bonds is 6. The molecule has 10 nitrogen and oxygen atoms in total. The molecule has 0 bridgehead atoms. The van der Waals surface area contributed by atoms with Crippen molar-refractivity contribution in [2.75, 3.05) is 32.8 Å². The highest BCUT2D eigenvalue weighted by Gasteiger charge is 2.21. The Kier molecular flexibility index (Phi) is 6.30. The number of aromatic nitrogens is 4. The molecule has 174 valence electrons. The Balaban J connectivity index is 1.14. The second kappa shape index (κ2) is 9.50. The molecule has 4 heterocycles. The van der Waals surface area contributed by atoms with Gasteiger partial charge in [0.1, 0.15) is 18.7 Å². The van der Waals surface area contributed by atoms with Crippen molar-refractivity contribution in [1.82, 2.24) is 24.9 Å². The number of piperidine rings is 1. The van der Waals surface area contributed by atoms with E-state index in [1.54, 1.807) is 24.4 Å². The molecule has 33 heavy (non-hydrogen) atoms. The molecule has 11 heteroatoms. The topological polar surface area (TPSA) is 108 Å². The number of nitrogens with zero attached hydrogens (tertiary/aromatic N) is 5. The fraction of sp³-hybridized carbons (Fsp3) is 0.455. The second-order valence-electron chi connectivity index (χ2n) is 8.26. The van der Waals surface area contributed by atoms with Gasteiger partial charge in [-0.3, -0.25) is 9.55 Å². The first-order chi connectivity index (χ1) is 16.1. The van der Waals surface area contributed by atoms with Gasteiger partial charge in [0, 0.05) is 42.8 Å². The van der Waals surface area contributed by atoms with E-state index in [9.17, 15) is 10.0 Å². The van der Waals surface area contributed by atoms with Crippen molar-refractivity contribution >= 4 is 22.6 Å². The Morgan fingerprint density at radius 1 is 1.15 bits per heavy atom. The first-order valence-corrected chi connectivity index (χ1v) is 11.4. The third-order valence-corrected chi connectivity index (χ3v) is 6.36. The molecule has 5 rings (SSSR count). The van der Waals surface area contributed by atoms with E-state index in [4.69, 9.17) is 21.1 Å². The van der Waals surface area contributed by atoms with Gasteiger partial charge in [-0.1, -0.05) is 11.6 Å². The fourth-order valence-electron chi connectivity index (χ4n) is 4.32. The third kappa shape index (κ3) is 4.87. The Hall–Kier alpha value is -2.95. The maximum atomic E-state index is 12.3. The maximum Gasteiger partial charge on any atom is 0.409 e.